The van der Waals surface area contributed by atoms with Crippen molar-refractivity contribution in [1.82, 2.24) is 5.32 Å². The maximum absolute atomic E-state index is 12.4. The molecule has 0 aliphatic carbocycles. The Kier molecular flexibility index (Phi) is 5.75. The number of thiophene rings is 1. The predicted octanol–water partition coefficient (Wildman–Crippen LogP) is 2.64. The quantitative estimate of drug-likeness (QED) is 0.798. The zero-order valence-electron chi connectivity index (χ0n) is 15.2. The van der Waals surface area contributed by atoms with E-state index in [1.807, 2.05) is 0 Å². The number of ether oxygens (including phenoxy) is 1. The van der Waals surface area contributed by atoms with Crippen LogP contribution in [0.4, 0.5) is 11.4 Å². The van der Waals surface area contributed by atoms with Gasteiger partial charge in [0.1, 0.15) is 11.8 Å². The first kappa shape index (κ1) is 18.9. The Morgan fingerprint density at radius 2 is 2.11 bits per heavy atom. The summed E-state index contributed by atoms with van der Waals surface area (Å²) in [5.41, 5.74) is 1.22. The van der Waals surface area contributed by atoms with Crippen molar-refractivity contribution in [3.05, 3.63) is 40.6 Å². The van der Waals surface area contributed by atoms with Gasteiger partial charge in [-0.25, -0.2) is 0 Å². The summed E-state index contributed by atoms with van der Waals surface area (Å²) in [6.45, 7) is 2.28. The normalized spacial score (nSPS) is 14.7. The summed E-state index contributed by atoms with van der Waals surface area (Å²) in [5, 5.41) is 7.23. The van der Waals surface area contributed by atoms with Gasteiger partial charge in [-0.05, 0) is 36.9 Å². The Balaban J connectivity index is 1.66. The van der Waals surface area contributed by atoms with Crippen LogP contribution in [0.5, 0.6) is 5.75 Å². The van der Waals surface area contributed by atoms with Crippen molar-refractivity contribution in [2.75, 3.05) is 23.9 Å². The molecule has 0 unspecified atom stereocenters. The van der Waals surface area contributed by atoms with E-state index >= 15 is 0 Å². The molecule has 7 nitrogen and oxygen atoms in total. The first-order valence-corrected chi connectivity index (χ1v) is 9.51. The van der Waals surface area contributed by atoms with E-state index in [4.69, 9.17) is 4.74 Å². The molecule has 1 aliphatic rings. The number of amides is 3. The van der Waals surface area contributed by atoms with Crippen LogP contribution >= 0.6 is 11.3 Å². The molecule has 0 radical (unpaired) electrons. The first-order valence-electron chi connectivity index (χ1n) is 8.63. The maximum atomic E-state index is 12.4. The fourth-order valence-corrected chi connectivity index (χ4v) is 3.50. The molecule has 2 N–H and O–H groups in total. The molecule has 1 aromatic heterocycles. The number of nitrogens with zero attached hydrogens (tertiary/aromatic N) is 1. The highest BCUT2D eigenvalue weighted by Gasteiger charge is 2.25. The summed E-state index contributed by atoms with van der Waals surface area (Å²) >= 11 is 1.31. The van der Waals surface area contributed by atoms with Crippen LogP contribution < -0.4 is 20.3 Å². The highest BCUT2D eigenvalue weighted by atomic mass is 32.1. The third-order valence-corrected chi connectivity index (χ3v) is 5.17. The van der Waals surface area contributed by atoms with Crippen LogP contribution in [0.15, 0.2) is 35.7 Å². The zero-order chi connectivity index (χ0) is 19.4. The van der Waals surface area contributed by atoms with E-state index in [1.165, 1.54) is 18.4 Å². The molecule has 0 saturated carbocycles. The van der Waals surface area contributed by atoms with Gasteiger partial charge in [0.05, 0.1) is 17.7 Å². The van der Waals surface area contributed by atoms with Crippen molar-refractivity contribution in [1.29, 1.82) is 0 Å². The van der Waals surface area contributed by atoms with Gasteiger partial charge in [0.25, 0.3) is 5.91 Å². The molecule has 3 amide bonds. The SMILES string of the molecule is COc1cc(NC(=O)[C@@H](C)NC(=O)c2cccs2)ccc1N1CCCC1=O. The molecule has 1 aromatic carbocycles. The fourth-order valence-electron chi connectivity index (χ4n) is 2.87. The minimum absolute atomic E-state index is 0.0648. The van der Waals surface area contributed by atoms with Gasteiger partial charge in [-0.3, -0.25) is 14.4 Å². The Labute approximate surface area is 161 Å². The molecule has 1 saturated heterocycles. The van der Waals surface area contributed by atoms with Gasteiger partial charge in [0, 0.05) is 24.7 Å². The van der Waals surface area contributed by atoms with Crippen LogP contribution in [0, 0.1) is 0 Å². The summed E-state index contributed by atoms with van der Waals surface area (Å²) in [4.78, 5) is 38.6. The molecule has 3 rings (SSSR count). The van der Waals surface area contributed by atoms with Gasteiger partial charge in [-0.2, -0.15) is 0 Å². The number of carbonyl (C=O) groups is 3. The summed E-state index contributed by atoms with van der Waals surface area (Å²) in [6, 6.07) is 7.93. The van der Waals surface area contributed by atoms with Crippen LogP contribution in [0.1, 0.15) is 29.4 Å². The zero-order valence-corrected chi connectivity index (χ0v) is 16.0. The number of anilines is 2. The topological polar surface area (TPSA) is 87.7 Å². The number of nitrogens with one attached hydrogen (secondary N) is 2. The van der Waals surface area contributed by atoms with E-state index in [0.717, 1.165) is 6.42 Å². The van der Waals surface area contributed by atoms with Gasteiger partial charge >= 0.3 is 0 Å². The van der Waals surface area contributed by atoms with Crippen LogP contribution in [0.25, 0.3) is 0 Å². The molecule has 8 heteroatoms. The van der Waals surface area contributed by atoms with Crippen molar-refractivity contribution in [3.63, 3.8) is 0 Å². The van der Waals surface area contributed by atoms with Crippen LogP contribution in [0.3, 0.4) is 0 Å². The van der Waals surface area contributed by atoms with E-state index in [9.17, 15) is 14.4 Å². The molecule has 142 valence electrons. The van der Waals surface area contributed by atoms with Crippen LogP contribution in [-0.4, -0.2) is 37.4 Å². The van der Waals surface area contributed by atoms with E-state index < -0.39 is 6.04 Å². The number of hydrogen-bond acceptors (Lipinski definition) is 5. The average Bonchev–Trinajstić information content (AvgIpc) is 3.33. The molecule has 0 bridgehead atoms. The molecule has 1 aliphatic heterocycles. The van der Waals surface area contributed by atoms with Crippen LogP contribution in [0.2, 0.25) is 0 Å². The number of rotatable bonds is 6. The average molecular weight is 387 g/mol. The van der Waals surface area contributed by atoms with E-state index in [-0.39, 0.29) is 17.7 Å². The highest BCUT2D eigenvalue weighted by Crippen LogP contribution is 2.33. The Morgan fingerprint density at radius 3 is 2.74 bits per heavy atom. The minimum atomic E-state index is -0.703. The van der Waals surface area contributed by atoms with Gasteiger partial charge in [-0.15, -0.1) is 11.3 Å². The lowest BCUT2D eigenvalue weighted by Gasteiger charge is -2.20. The number of methoxy groups -OCH3 is 1. The van der Waals surface area contributed by atoms with E-state index in [0.29, 0.717) is 35.0 Å². The third-order valence-electron chi connectivity index (χ3n) is 4.30. The molecular weight excluding hydrogens is 366 g/mol. The second-order valence-electron chi connectivity index (χ2n) is 6.20. The largest absolute Gasteiger partial charge is 0.494 e. The van der Waals surface area contributed by atoms with E-state index in [2.05, 4.69) is 10.6 Å². The summed E-state index contributed by atoms with van der Waals surface area (Å²) in [5.74, 6) is -0.0478. The summed E-state index contributed by atoms with van der Waals surface area (Å²) in [6.07, 6.45) is 1.35. The Hall–Kier alpha value is -2.87. The molecule has 0 spiro atoms. The molecule has 1 atom stereocenters. The lowest BCUT2D eigenvalue weighted by atomic mass is 10.2. The third kappa shape index (κ3) is 4.28. The standard InChI is InChI=1S/C19H21N3O4S/c1-12(20-19(25)16-5-4-10-27-16)18(24)21-13-7-8-14(15(11-13)26-2)22-9-3-6-17(22)23/h4-5,7-8,10-12H,3,6,9H2,1-2H3,(H,20,25)(H,21,24)/t12-/m1/s1. The number of carbonyl (C=O) groups excluding carboxylic acids is 3. The second kappa shape index (κ2) is 8.22. The molecule has 1 fully saturated rings. The predicted molar refractivity (Wildman–Crippen MR) is 104 cm³/mol. The number of benzene rings is 1. The van der Waals surface area contributed by atoms with Crippen molar-refractivity contribution in [2.24, 2.45) is 0 Å². The molecule has 2 heterocycles. The Morgan fingerprint density at radius 1 is 1.30 bits per heavy atom. The summed E-state index contributed by atoms with van der Waals surface area (Å²) in [7, 11) is 1.52. The van der Waals surface area contributed by atoms with Gasteiger partial charge in [0.15, 0.2) is 0 Å². The molecule has 2 aromatic rings. The monoisotopic (exact) mass is 387 g/mol. The van der Waals surface area contributed by atoms with E-state index in [1.54, 1.807) is 47.5 Å². The van der Waals surface area contributed by atoms with Crippen molar-refractivity contribution in [2.45, 2.75) is 25.8 Å². The molecule has 27 heavy (non-hydrogen) atoms. The van der Waals surface area contributed by atoms with Gasteiger partial charge in [0.2, 0.25) is 11.8 Å². The second-order valence-corrected chi connectivity index (χ2v) is 7.14. The highest BCUT2D eigenvalue weighted by molar-refractivity contribution is 7.12. The fraction of sp³-hybridized carbons (Fsp3) is 0.316. The maximum Gasteiger partial charge on any atom is 0.261 e. The number of hydrogen-bond donors (Lipinski definition) is 2. The Bertz CT molecular complexity index is 851. The summed E-state index contributed by atoms with van der Waals surface area (Å²) < 4.78 is 5.39. The lowest BCUT2D eigenvalue weighted by Crippen LogP contribution is -2.41. The van der Waals surface area contributed by atoms with Gasteiger partial charge in [-0.1, -0.05) is 6.07 Å². The van der Waals surface area contributed by atoms with Crippen LogP contribution in [-0.2, 0) is 9.59 Å². The molecular formula is C19H21N3O4S. The first-order chi connectivity index (χ1) is 13.0. The van der Waals surface area contributed by atoms with Gasteiger partial charge < -0.3 is 20.3 Å². The van der Waals surface area contributed by atoms with Crippen molar-refractivity contribution in [3.8, 4) is 5.75 Å². The van der Waals surface area contributed by atoms with Crippen molar-refractivity contribution >= 4 is 40.4 Å². The lowest BCUT2D eigenvalue weighted by molar-refractivity contribution is -0.118. The minimum Gasteiger partial charge on any atom is -0.494 e. The van der Waals surface area contributed by atoms with Crippen molar-refractivity contribution < 1.29 is 19.1 Å². The smallest absolute Gasteiger partial charge is 0.261 e.